The van der Waals surface area contributed by atoms with Gasteiger partial charge in [-0.15, -0.1) is 0 Å². The summed E-state index contributed by atoms with van der Waals surface area (Å²) in [7, 11) is 0. The number of hydrogen-bond acceptors (Lipinski definition) is 14. The second-order valence-corrected chi connectivity index (χ2v) is 21.2. The highest BCUT2D eigenvalue weighted by atomic mass is 16.8. The molecule has 8 fully saturated rings. The van der Waals surface area contributed by atoms with E-state index >= 15 is 0 Å². The molecule has 0 radical (unpaired) electrons. The first-order chi connectivity index (χ1) is 25.5. The lowest BCUT2D eigenvalue weighted by Crippen LogP contribution is -2.65. The minimum Gasteiger partial charge on any atom is -0.394 e. The Labute approximate surface area is 324 Å². The van der Waals surface area contributed by atoms with Crippen molar-refractivity contribution in [3.05, 3.63) is 0 Å². The molecule has 0 aromatic carbocycles. The van der Waals surface area contributed by atoms with Gasteiger partial charge in [-0.05, 0) is 117 Å². The maximum absolute atomic E-state index is 12.4. The molecule has 0 amide bonds. The van der Waals surface area contributed by atoms with Crippen molar-refractivity contribution in [3.8, 4) is 0 Å². The van der Waals surface area contributed by atoms with Crippen molar-refractivity contribution >= 4 is 0 Å². The number of hydrogen-bond donors (Lipinski definition) is 9. The normalized spacial score (nSPS) is 58.5. The highest BCUT2D eigenvalue weighted by molar-refractivity contribution is 5.33. The fraction of sp³-hybridized carbons (Fsp3) is 1.00. The lowest BCUT2D eigenvalue weighted by molar-refractivity contribution is -0.355. The second kappa shape index (κ2) is 13.0. The van der Waals surface area contributed by atoms with Crippen LogP contribution in [0, 0.1) is 44.8 Å². The quantitative estimate of drug-likeness (QED) is 0.155. The van der Waals surface area contributed by atoms with Crippen LogP contribution in [0.25, 0.3) is 0 Å². The molecule has 8 aliphatic rings. The standard InChI is InChI=1S/C41H68O14/c1-34(2)24(53-32-28(27(47)26(46)22(16-42)52-32)54-33-31(48)41(50,18-43)19-51-33)9-11-40-17-39(40)13-12-36(5)30(38(7)10-8-25(55-38)35(3,4)49)21(45)15-37(36,6)23(39)14-20(44)29(34)40/h20-33,42-50H,8-19H2,1-7H3/t20-,21-,22+,23+,24-,25-,26+,27-,28+,29+,30-,31-,32-,33-,36+,37-,38+,39-,40+,41+/m0/s1. The van der Waals surface area contributed by atoms with Crippen LogP contribution < -0.4 is 0 Å². The maximum atomic E-state index is 12.4. The molecule has 0 aromatic rings. The molecule has 3 aliphatic heterocycles. The van der Waals surface area contributed by atoms with Crippen LogP contribution in [0.1, 0.15) is 106 Å². The number of rotatable bonds is 8. The van der Waals surface area contributed by atoms with E-state index in [9.17, 15) is 46.0 Å². The summed E-state index contributed by atoms with van der Waals surface area (Å²) in [5, 5.41) is 98.2. The van der Waals surface area contributed by atoms with Crippen LogP contribution in [0.4, 0.5) is 0 Å². The van der Waals surface area contributed by atoms with Crippen molar-refractivity contribution in [2.24, 2.45) is 44.8 Å². The van der Waals surface area contributed by atoms with Crippen LogP contribution in [-0.2, 0) is 23.7 Å². The van der Waals surface area contributed by atoms with Crippen molar-refractivity contribution in [1.29, 1.82) is 0 Å². The summed E-state index contributed by atoms with van der Waals surface area (Å²) in [4.78, 5) is 0. The predicted octanol–water partition coefficient (Wildman–Crippen LogP) is 0.726. The van der Waals surface area contributed by atoms with Gasteiger partial charge in [0.05, 0.1) is 55.4 Å². The zero-order chi connectivity index (χ0) is 40.1. The zero-order valence-corrected chi connectivity index (χ0v) is 33.6. The molecule has 0 unspecified atom stereocenters. The van der Waals surface area contributed by atoms with Gasteiger partial charge in [-0.2, -0.15) is 0 Å². The monoisotopic (exact) mass is 784 g/mol. The van der Waals surface area contributed by atoms with E-state index < -0.39 is 103 Å². The Balaban J connectivity index is 1.04. The minimum atomic E-state index is -1.98. The van der Waals surface area contributed by atoms with E-state index in [1.54, 1.807) is 13.8 Å². The Bertz CT molecular complexity index is 1470. The molecule has 3 saturated heterocycles. The van der Waals surface area contributed by atoms with Gasteiger partial charge in [0.25, 0.3) is 0 Å². The summed E-state index contributed by atoms with van der Waals surface area (Å²) in [5.41, 5.74) is -4.71. The van der Waals surface area contributed by atoms with Crippen molar-refractivity contribution in [1.82, 2.24) is 0 Å². The molecule has 316 valence electrons. The fourth-order valence-electron chi connectivity index (χ4n) is 14.9. The smallest absolute Gasteiger partial charge is 0.187 e. The summed E-state index contributed by atoms with van der Waals surface area (Å²) in [6.45, 7) is 12.8. The topological polar surface area (TPSA) is 228 Å². The summed E-state index contributed by atoms with van der Waals surface area (Å²) >= 11 is 0. The molecule has 5 saturated carbocycles. The third-order valence-electron chi connectivity index (χ3n) is 17.7. The Hall–Kier alpha value is -0.560. The van der Waals surface area contributed by atoms with Gasteiger partial charge in [0, 0.05) is 5.92 Å². The molecular weight excluding hydrogens is 716 g/mol. The summed E-state index contributed by atoms with van der Waals surface area (Å²) < 4.78 is 30.9. The van der Waals surface area contributed by atoms with Gasteiger partial charge in [-0.1, -0.05) is 27.7 Å². The van der Waals surface area contributed by atoms with Gasteiger partial charge in [-0.3, -0.25) is 0 Å². The van der Waals surface area contributed by atoms with Crippen molar-refractivity contribution in [2.75, 3.05) is 19.8 Å². The van der Waals surface area contributed by atoms with Crippen LogP contribution in [0.5, 0.6) is 0 Å². The number of aliphatic hydroxyl groups is 9. The van der Waals surface area contributed by atoms with Gasteiger partial charge in [0.15, 0.2) is 12.6 Å². The second-order valence-electron chi connectivity index (χ2n) is 21.2. The van der Waals surface area contributed by atoms with Crippen molar-refractivity contribution in [2.45, 2.75) is 191 Å². The van der Waals surface area contributed by atoms with Crippen LogP contribution in [0.15, 0.2) is 0 Å². The van der Waals surface area contributed by atoms with E-state index in [0.717, 1.165) is 38.5 Å². The van der Waals surface area contributed by atoms with Crippen molar-refractivity contribution < 1.29 is 69.6 Å². The molecule has 0 aromatic heterocycles. The average molecular weight is 785 g/mol. The molecule has 5 aliphatic carbocycles. The first-order valence-corrected chi connectivity index (χ1v) is 20.8. The summed E-state index contributed by atoms with van der Waals surface area (Å²) in [6.07, 6.45) is -5.03. The number of aliphatic hydroxyl groups excluding tert-OH is 7. The van der Waals surface area contributed by atoms with Gasteiger partial charge >= 0.3 is 0 Å². The van der Waals surface area contributed by atoms with Crippen molar-refractivity contribution in [3.63, 3.8) is 0 Å². The first kappa shape index (κ1) is 41.2. The SMILES string of the molecule is CC(C)(O)[C@@H]1CC[C@](C)([C@H]2[C@@H](O)C[C@@]3(C)[C@H]4C[C@H](O)[C@@H]5C(C)(C)[C@@H](O[C@@H]6O[C@H](CO)[C@@H](O)[C@H](O)[C@H]6O[C@@H]6OC[C@](O)(CO)[C@H]6O)CC[C@@]56C[C@@]46CC[C@]23C)O1. The molecule has 14 heteroatoms. The minimum absolute atomic E-state index is 0.00376. The fourth-order valence-corrected chi connectivity index (χ4v) is 14.9. The molecule has 3 heterocycles. The summed E-state index contributed by atoms with van der Waals surface area (Å²) in [6, 6.07) is 0. The Morgan fingerprint density at radius 2 is 1.49 bits per heavy atom. The van der Waals surface area contributed by atoms with Gasteiger partial charge < -0.3 is 69.6 Å². The Morgan fingerprint density at radius 3 is 2.11 bits per heavy atom. The van der Waals surface area contributed by atoms with E-state index in [4.69, 9.17) is 23.7 Å². The highest BCUT2D eigenvalue weighted by Gasteiger charge is 2.85. The zero-order valence-electron chi connectivity index (χ0n) is 33.6. The Kier molecular flexibility index (Phi) is 9.71. The lowest BCUT2D eigenvalue weighted by Gasteiger charge is -2.65. The summed E-state index contributed by atoms with van der Waals surface area (Å²) in [5.74, 6) is -0.0277. The third-order valence-corrected chi connectivity index (χ3v) is 17.7. The molecule has 14 nitrogen and oxygen atoms in total. The molecule has 55 heavy (non-hydrogen) atoms. The predicted molar refractivity (Wildman–Crippen MR) is 194 cm³/mol. The molecule has 0 bridgehead atoms. The average Bonchev–Trinajstić information content (AvgIpc) is 3.25. The van der Waals surface area contributed by atoms with Crippen LogP contribution >= 0.6 is 0 Å². The highest BCUT2D eigenvalue weighted by Crippen LogP contribution is 2.89. The molecule has 2 spiro atoms. The van der Waals surface area contributed by atoms with Crippen LogP contribution in [0.3, 0.4) is 0 Å². The first-order valence-electron chi connectivity index (χ1n) is 20.8. The van der Waals surface area contributed by atoms with Gasteiger partial charge in [0.1, 0.15) is 36.1 Å². The number of fused-ring (bicyclic) bond motifs is 2. The molecule has 9 N–H and O–H groups in total. The van der Waals surface area contributed by atoms with Gasteiger partial charge in [0.2, 0.25) is 0 Å². The molecule has 20 atom stereocenters. The van der Waals surface area contributed by atoms with Crippen LogP contribution in [-0.4, -0.2) is 150 Å². The Morgan fingerprint density at radius 1 is 0.782 bits per heavy atom. The van der Waals surface area contributed by atoms with E-state index in [0.29, 0.717) is 19.3 Å². The molecular formula is C41H68O14. The third kappa shape index (κ3) is 5.56. The maximum Gasteiger partial charge on any atom is 0.187 e. The van der Waals surface area contributed by atoms with E-state index in [1.807, 2.05) is 0 Å². The largest absolute Gasteiger partial charge is 0.394 e. The lowest BCUT2D eigenvalue weighted by atomic mass is 9.41. The van der Waals surface area contributed by atoms with E-state index in [-0.39, 0.29) is 45.5 Å². The number of ether oxygens (including phenoxy) is 5. The molecule has 8 rings (SSSR count). The van der Waals surface area contributed by atoms with E-state index in [2.05, 4.69) is 34.6 Å². The van der Waals surface area contributed by atoms with E-state index in [1.165, 1.54) is 0 Å². The van der Waals surface area contributed by atoms with Gasteiger partial charge in [-0.25, -0.2) is 0 Å². The van der Waals surface area contributed by atoms with Crippen LogP contribution in [0.2, 0.25) is 0 Å².